The number of unbranched alkanes of at least 4 members (excludes halogenated alkanes) is 53. The second-order valence-electron chi connectivity index (χ2n) is 22.7. The molecule has 0 aliphatic carbocycles. The molecule has 0 aliphatic heterocycles. The van der Waals surface area contributed by atoms with Crippen LogP contribution in [0.25, 0.3) is 0 Å². The molecule has 3 unspecified atom stereocenters. The van der Waals surface area contributed by atoms with Crippen molar-refractivity contribution in [3.05, 3.63) is 0 Å². The van der Waals surface area contributed by atoms with Crippen molar-refractivity contribution in [1.82, 2.24) is 5.32 Å². The third kappa shape index (κ3) is 54.9. The highest BCUT2D eigenvalue weighted by Crippen LogP contribution is 2.20. The smallest absolute Gasteiger partial charge is 0.220 e. The average molecular weight is 977 g/mol. The van der Waals surface area contributed by atoms with E-state index in [9.17, 15) is 20.1 Å². The van der Waals surface area contributed by atoms with Gasteiger partial charge in [0.2, 0.25) is 5.91 Å². The van der Waals surface area contributed by atoms with E-state index in [-0.39, 0.29) is 12.5 Å². The van der Waals surface area contributed by atoms with E-state index in [1.165, 1.54) is 321 Å². The molecule has 0 fully saturated rings. The quantitative estimate of drug-likeness (QED) is 0.0457. The van der Waals surface area contributed by atoms with Crippen molar-refractivity contribution < 1.29 is 20.1 Å². The van der Waals surface area contributed by atoms with Gasteiger partial charge in [0.1, 0.15) is 6.10 Å². The Morgan fingerprint density at radius 2 is 0.493 bits per heavy atom. The Hall–Kier alpha value is -0.650. The van der Waals surface area contributed by atoms with E-state index in [1.807, 2.05) is 0 Å². The SMILES string of the molecule is CCCCCCCCCCCCCCCCCCCCCCCCCCCCCCCCCCCCCCCC(=O)NC(CO)C(O)C(O)CCCCCCCCCCCCCCCCCCCC. The Morgan fingerprint density at radius 3 is 0.696 bits per heavy atom. The Balaban J connectivity index is 3.40. The molecule has 0 aliphatic rings. The monoisotopic (exact) mass is 976 g/mol. The molecule has 69 heavy (non-hydrogen) atoms. The number of aliphatic hydroxyl groups is 3. The summed E-state index contributed by atoms with van der Waals surface area (Å²) in [5, 5.41) is 33.8. The van der Waals surface area contributed by atoms with Crippen LogP contribution in [0, 0.1) is 0 Å². The summed E-state index contributed by atoms with van der Waals surface area (Å²) < 4.78 is 0. The normalized spacial score (nSPS) is 13.1. The van der Waals surface area contributed by atoms with Crippen molar-refractivity contribution in [3.63, 3.8) is 0 Å². The van der Waals surface area contributed by atoms with Gasteiger partial charge in [0.15, 0.2) is 0 Å². The van der Waals surface area contributed by atoms with Crippen LogP contribution >= 0.6 is 0 Å². The first-order valence-corrected chi connectivity index (χ1v) is 32.3. The highest BCUT2D eigenvalue weighted by molar-refractivity contribution is 5.76. The van der Waals surface area contributed by atoms with Crippen molar-refractivity contribution in [1.29, 1.82) is 0 Å². The molecule has 0 aromatic rings. The molecule has 5 nitrogen and oxygen atoms in total. The summed E-state index contributed by atoms with van der Waals surface area (Å²) >= 11 is 0. The second kappa shape index (κ2) is 59.9. The van der Waals surface area contributed by atoms with Gasteiger partial charge in [-0.15, -0.1) is 0 Å². The first kappa shape index (κ1) is 68.4. The van der Waals surface area contributed by atoms with Crippen LogP contribution in [0.15, 0.2) is 0 Å². The number of hydrogen-bond acceptors (Lipinski definition) is 4. The lowest BCUT2D eigenvalue weighted by Gasteiger charge is -2.26. The largest absolute Gasteiger partial charge is 0.394 e. The Labute approximate surface area is 434 Å². The summed E-state index contributed by atoms with van der Waals surface area (Å²) in [4.78, 5) is 12.5. The molecule has 0 rings (SSSR count). The van der Waals surface area contributed by atoms with Crippen molar-refractivity contribution in [2.24, 2.45) is 0 Å². The molecular formula is C64H129NO4. The number of carbonyl (C=O) groups excluding carboxylic acids is 1. The lowest BCUT2D eigenvalue weighted by atomic mass is 9.99. The predicted octanol–water partition coefficient (Wildman–Crippen LogP) is 20.5. The maximum atomic E-state index is 12.5. The van der Waals surface area contributed by atoms with E-state index in [2.05, 4.69) is 19.2 Å². The number of amides is 1. The number of rotatable bonds is 61. The van der Waals surface area contributed by atoms with E-state index < -0.39 is 18.2 Å². The molecule has 3 atom stereocenters. The molecule has 0 spiro atoms. The maximum absolute atomic E-state index is 12.5. The Bertz CT molecular complexity index is 944. The summed E-state index contributed by atoms with van der Waals surface area (Å²) in [5.74, 6) is -0.134. The van der Waals surface area contributed by atoms with Gasteiger partial charge >= 0.3 is 0 Å². The number of hydrogen-bond donors (Lipinski definition) is 4. The molecule has 0 radical (unpaired) electrons. The van der Waals surface area contributed by atoms with Gasteiger partial charge in [0, 0.05) is 6.42 Å². The lowest BCUT2D eigenvalue weighted by Crippen LogP contribution is -2.50. The maximum Gasteiger partial charge on any atom is 0.220 e. The van der Waals surface area contributed by atoms with Gasteiger partial charge in [0.05, 0.1) is 18.8 Å². The molecule has 0 saturated carbocycles. The van der Waals surface area contributed by atoms with Gasteiger partial charge in [-0.1, -0.05) is 361 Å². The highest BCUT2D eigenvalue weighted by Gasteiger charge is 2.26. The topological polar surface area (TPSA) is 89.8 Å². The zero-order valence-electron chi connectivity index (χ0n) is 47.5. The van der Waals surface area contributed by atoms with Crippen LogP contribution in [-0.4, -0.2) is 46.1 Å². The summed E-state index contributed by atoms with van der Waals surface area (Å²) in [7, 11) is 0. The third-order valence-corrected chi connectivity index (χ3v) is 15.7. The van der Waals surface area contributed by atoms with Gasteiger partial charge in [0.25, 0.3) is 0 Å². The Morgan fingerprint density at radius 1 is 0.304 bits per heavy atom. The van der Waals surface area contributed by atoms with Crippen LogP contribution in [0.3, 0.4) is 0 Å². The highest BCUT2D eigenvalue weighted by atomic mass is 16.3. The van der Waals surface area contributed by atoms with Crippen LogP contribution in [0.2, 0.25) is 0 Å². The molecule has 0 aromatic heterocycles. The molecule has 4 N–H and O–H groups in total. The first-order chi connectivity index (χ1) is 34.1. The predicted molar refractivity (Wildman–Crippen MR) is 306 cm³/mol. The fourth-order valence-electron chi connectivity index (χ4n) is 10.8. The van der Waals surface area contributed by atoms with Crippen LogP contribution in [-0.2, 0) is 4.79 Å². The molecular weight excluding hydrogens is 847 g/mol. The van der Waals surface area contributed by atoms with E-state index >= 15 is 0 Å². The van der Waals surface area contributed by atoms with E-state index in [4.69, 9.17) is 0 Å². The standard InChI is InChI=1S/C64H129NO4/c1-3-5-7-9-11-13-15-17-19-21-23-24-25-26-27-28-29-30-31-32-33-34-35-36-37-38-39-40-41-43-45-47-49-51-53-55-57-59-63(68)65-61(60-66)64(69)62(67)58-56-54-52-50-48-46-44-42-22-20-18-16-14-12-10-8-6-4-2/h61-62,64,66-67,69H,3-60H2,1-2H3,(H,65,68). The van der Waals surface area contributed by atoms with E-state index in [0.717, 1.165) is 32.1 Å². The molecule has 0 saturated heterocycles. The zero-order valence-corrected chi connectivity index (χ0v) is 47.5. The van der Waals surface area contributed by atoms with Gasteiger partial charge in [-0.25, -0.2) is 0 Å². The van der Waals surface area contributed by atoms with Gasteiger partial charge < -0.3 is 20.6 Å². The fraction of sp³-hybridized carbons (Fsp3) is 0.984. The van der Waals surface area contributed by atoms with Crippen LogP contribution < -0.4 is 5.32 Å². The minimum atomic E-state index is -1.13. The fourth-order valence-corrected chi connectivity index (χ4v) is 10.8. The number of aliphatic hydroxyl groups excluding tert-OH is 3. The second-order valence-corrected chi connectivity index (χ2v) is 22.7. The summed E-state index contributed by atoms with van der Waals surface area (Å²) in [6.45, 7) is 4.23. The molecule has 5 heteroatoms. The average Bonchev–Trinajstić information content (AvgIpc) is 3.35. The zero-order chi connectivity index (χ0) is 50.0. The molecule has 0 bridgehead atoms. The van der Waals surface area contributed by atoms with Gasteiger partial charge in [-0.2, -0.15) is 0 Å². The minimum absolute atomic E-state index is 0.134. The van der Waals surface area contributed by atoms with Crippen LogP contribution in [0.5, 0.6) is 0 Å². The molecule has 414 valence electrons. The van der Waals surface area contributed by atoms with Crippen molar-refractivity contribution in [3.8, 4) is 0 Å². The van der Waals surface area contributed by atoms with E-state index in [1.54, 1.807) is 0 Å². The summed E-state index contributed by atoms with van der Waals surface area (Å²) in [5.41, 5.74) is 0. The minimum Gasteiger partial charge on any atom is -0.394 e. The summed E-state index contributed by atoms with van der Waals surface area (Å²) in [6.07, 6.45) is 74.5. The molecule has 0 aromatic carbocycles. The van der Waals surface area contributed by atoms with Crippen molar-refractivity contribution >= 4 is 5.91 Å². The number of nitrogens with one attached hydrogen (secondary N) is 1. The molecule has 0 heterocycles. The molecule has 1 amide bonds. The van der Waals surface area contributed by atoms with Crippen LogP contribution in [0.4, 0.5) is 0 Å². The van der Waals surface area contributed by atoms with Crippen LogP contribution in [0.1, 0.15) is 380 Å². The number of carbonyl (C=O) groups is 1. The Kier molecular flexibility index (Phi) is 59.3. The lowest BCUT2D eigenvalue weighted by molar-refractivity contribution is -0.124. The third-order valence-electron chi connectivity index (χ3n) is 15.7. The van der Waals surface area contributed by atoms with Crippen molar-refractivity contribution in [2.45, 2.75) is 398 Å². The summed E-state index contributed by atoms with van der Waals surface area (Å²) in [6, 6.07) is -0.805. The van der Waals surface area contributed by atoms with E-state index in [0.29, 0.717) is 12.8 Å². The first-order valence-electron chi connectivity index (χ1n) is 32.3. The van der Waals surface area contributed by atoms with Gasteiger partial charge in [-0.3, -0.25) is 4.79 Å². The van der Waals surface area contributed by atoms with Gasteiger partial charge in [-0.05, 0) is 12.8 Å². The van der Waals surface area contributed by atoms with Crippen molar-refractivity contribution in [2.75, 3.05) is 6.61 Å².